The molecule has 0 heterocycles. The first kappa shape index (κ1) is 19.9. The molecule has 0 bridgehead atoms. The molecule has 1 rings (SSSR count). The van der Waals surface area contributed by atoms with Crippen molar-refractivity contribution in [2.75, 3.05) is 13.2 Å². The van der Waals surface area contributed by atoms with Crippen LogP contribution in [0.25, 0.3) is 0 Å². The number of hydrogen-bond donors (Lipinski definition) is 0. The number of unbranched alkanes of at least 4 members (excludes halogenated alkanes) is 1. The maximum atomic E-state index is 13.0. The van der Waals surface area contributed by atoms with Crippen LogP contribution >= 0.6 is 0 Å². The van der Waals surface area contributed by atoms with Gasteiger partial charge in [-0.1, -0.05) is 57.0 Å². The van der Waals surface area contributed by atoms with Crippen LogP contribution in [0.2, 0.25) is 0 Å². The molecule has 0 N–H and O–H groups in total. The molecule has 0 radical (unpaired) electrons. The average Bonchev–Trinajstić information content (AvgIpc) is 2.56. The van der Waals surface area contributed by atoms with E-state index in [-0.39, 0.29) is 5.41 Å². The minimum absolute atomic E-state index is 0.299. The zero-order chi connectivity index (χ0) is 17.1. The Balaban J connectivity index is 2.72. The normalized spacial score (nSPS) is 13.7. The summed E-state index contributed by atoms with van der Waals surface area (Å²) in [6.07, 6.45) is 6.49. The molecule has 23 heavy (non-hydrogen) atoms. The Kier molecular flexibility index (Phi) is 9.16. The van der Waals surface area contributed by atoms with E-state index in [0.29, 0.717) is 12.2 Å². The van der Waals surface area contributed by atoms with Gasteiger partial charge in [0.05, 0.1) is 5.41 Å². The van der Waals surface area contributed by atoms with Crippen LogP contribution in [0.1, 0.15) is 76.8 Å². The van der Waals surface area contributed by atoms with Gasteiger partial charge in [0.1, 0.15) is 5.78 Å². The lowest BCUT2D eigenvalue weighted by Gasteiger charge is -2.32. The monoisotopic (exact) mass is 318 g/mol. The molecular weight excluding hydrogens is 284 g/mol. The van der Waals surface area contributed by atoms with E-state index in [1.54, 1.807) is 0 Å². The Bertz CT molecular complexity index is 449. The lowest BCUT2D eigenvalue weighted by Crippen LogP contribution is -2.35. The molecule has 0 aliphatic rings. The second-order valence-electron chi connectivity index (χ2n) is 6.54. The van der Waals surface area contributed by atoms with Crippen LogP contribution < -0.4 is 0 Å². The second-order valence-corrected chi connectivity index (χ2v) is 6.54. The molecule has 2 nitrogen and oxygen atoms in total. The number of ketones is 1. The summed E-state index contributed by atoms with van der Waals surface area (Å²) in [6.45, 7) is 10.1. The molecule has 0 saturated carbocycles. The summed E-state index contributed by atoms with van der Waals surface area (Å²) < 4.78 is 5.51. The highest BCUT2D eigenvalue weighted by atomic mass is 16.5. The zero-order valence-corrected chi connectivity index (χ0v) is 15.5. The van der Waals surface area contributed by atoms with E-state index in [1.807, 2.05) is 0 Å². The van der Waals surface area contributed by atoms with E-state index in [4.69, 9.17) is 4.74 Å². The van der Waals surface area contributed by atoms with E-state index in [2.05, 4.69) is 52.0 Å². The van der Waals surface area contributed by atoms with Crippen LogP contribution in [0.4, 0.5) is 0 Å². The van der Waals surface area contributed by atoms with E-state index in [0.717, 1.165) is 51.7 Å². The van der Waals surface area contributed by atoms with Gasteiger partial charge in [0, 0.05) is 19.6 Å². The first-order chi connectivity index (χ1) is 11.1. The number of benzene rings is 1. The Morgan fingerprint density at radius 3 is 2.26 bits per heavy atom. The highest BCUT2D eigenvalue weighted by Gasteiger charge is 2.36. The largest absolute Gasteiger partial charge is 0.381 e. The van der Waals surface area contributed by atoms with Crippen molar-refractivity contribution in [2.45, 2.75) is 78.1 Å². The van der Waals surface area contributed by atoms with Crippen molar-refractivity contribution in [3.05, 3.63) is 35.4 Å². The highest BCUT2D eigenvalue weighted by molar-refractivity contribution is 5.90. The first-order valence-electron chi connectivity index (χ1n) is 9.28. The lowest BCUT2D eigenvalue weighted by molar-refractivity contribution is -0.125. The molecule has 0 saturated heterocycles. The van der Waals surface area contributed by atoms with Crippen LogP contribution in [-0.4, -0.2) is 19.0 Å². The zero-order valence-electron chi connectivity index (χ0n) is 15.5. The van der Waals surface area contributed by atoms with Crippen molar-refractivity contribution in [2.24, 2.45) is 0 Å². The minimum Gasteiger partial charge on any atom is -0.381 e. The van der Waals surface area contributed by atoms with Crippen molar-refractivity contribution in [3.8, 4) is 0 Å². The van der Waals surface area contributed by atoms with E-state index in [9.17, 15) is 4.79 Å². The summed E-state index contributed by atoms with van der Waals surface area (Å²) in [5, 5.41) is 0. The van der Waals surface area contributed by atoms with Gasteiger partial charge in [-0.15, -0.1) is 0 Å². The quantitative estimate of drug-likeness (QED) is 0.468. The predicted molar refractivity (Wildman–Crippen MR) is 98.0 cm³/mol. The van der Waals surface area contributed by atoms with Gasteiger partial charge in [0.15, 0.2) is 0 Å². The third-order valence-electron chi connectivity index (χ3n) is 4.71. The molecule has 1 atom stereocenters. The van der Waals surface area contributed by atoms with Gasteiger partial charge in [-0.2, -0.15) is 0 Å². The summed E-state index contributed by atoms with van der Waals surface area (Å²) in [6, 6.07) is 8.55. The smallest absolute Gasteiger partial charge is 0.143 e. The first-order valence-corrected chi connectivity index (χ1v) is 9.28. The van der Waals surface area contributed by atoms with Crippen molar-refractivity contribution in [1.29, 1.82) is 0 Å². The summed E-state index contributed by atoms with van der Waals surface area (Å²) in [5.41, 5.74) is 2.14. The fourth-order valence-corrected chi connectivity index (χ4v) is 3.30. The molecule has 0 amide bonds. The van der Waals surface area contributed by atoms with Gasteiger partial charge in [-0.25, -0.2) is 0 Å². The standard InChI is InChI=1S/C21H34O2/c1-5-15-21(7-3,19-13-11-18(4)12-14-19)20(22)10-8-9-17-23-16-6-2/h11-14H,5-10,15-17H2,1-4H3. The van der Waals surface area contributed by atoms with Gasteiger partial charge in [-0.3, -0.25) is 4.79 Å². The maximum Gasteiger partial charge on any atom is 0.143 e. The van der Waals surface area contributed by atoms with Crippen LogP contribution in [0.15, 0.2) is 24.3 Å². The minimum atomic E-state index is -0.299. The van der Waals surface area contributed by atoms with Gasteiger partial charge in [-0.05, 0) is 44.6 Å². The third-order valence-corrected chi connectivity index (χ3v) is 4.71. The fraction of sp³-hybridized carbons (Fsp3) is 0.667. The Hall–Kier alpha value is -1.15. The number of carbonyl (C=O) groups excluding carboxylic acids is 1. The van der Waals surface area contributed by atoms with Crippen LogP contribution in [0.5, 0.6) is 0 Å². The lowest BCUT2D eigenvalue weighted by atomic mass is 9.70. The Morgan fingerprint density at radius 2 is 1.70 bits per heavy atom. The van der Waals surface area contributed by atoms with Crippen LogP contribution in [0, 0.1) is 6.92 Å². The third kappa shape index (κ3) is 5.76. The van der Waals surface area contributed by atoms with Gasteiger partial charge < -0.3 is 4.74 Å². The maximum absolute atomic E-state index is 13.0. The van der Waals surface area contributed by atoms with Crippen molar-refractivity contribution in [1.82, 2.24) is 0 Å². The van der Waals surface area contributed by atoms with Crippen molar-refractivity contribution < 1.29 is 9.53 Å². The Morgan fingerprint density at radius 1 is 1.00 bits per heavy atom. The van der Waals surface area contributed by atoms with E-state index < -0.39 is 0 Å². The summed E-state index contributed by atoms with van der Waals surface area (Å²) in [5.74, 6) is 0.404. The van der Waals surface area contributed by atoms with Crippen LogP contribution in [-0.2, 0) is 14.9 Å². The van der Waals surface area contributed by atoms with Crippen LogP contribution in [0.3, 0.4) is 0 Å². The van der Waals surface area contributed by atoms with Crippen molar-refractivity contribution >= 4 is 5.78 Å². The topological polar surface area (TPSA) is 26.3 Å². The molecule has 0 aromatic heterocycles. The second kappa shape index (κ2) is 10.6. The average molecular weight is 319 g/mol. The summed E-state index contributed by atoms with van der Waals surface area (Å²) in [7, 11) is 0. The molecule has 0 fully saturated rings. The summed E-state index contributed by atoms with van der Waals surface area (Å²) >= 11 is 0. The molecule has 0 aliphatic carbocycles. The number of hydrogen-bond acceptors (Lipinski definition) is 2. The molecule has 1 unspecified atom stereocenters. The summed E-state index contributed by atoms with van der Waals surface area (Å²) in [4.78, 5) is 13.0. The number of aryl methyl sites for hydroxylation is 1. The number of Topliss-reactive ketones (excluding diaryl/α,β-unsaturated/α-hetero) is 1. The van der Waals surface area contributed by atoms with E-state index >= 15 is 0 Å². The van der Waals surface area contributed by atoms with Crippen molar-refractivity contribution in [3.63, 3.8) is 0 Å². The molecule has 2 heteroatoms. The number of rotatable bonds is 12. The van der Waals surface area contributed by atoms with Gasteiger partial charge >= 0.3 is 0 Å². The molecule has 1 aromatic rings. The molecule has 130 valence electrons. The highest BCUT2D eigenvalue weighted by Crippen LogP contribution is 2.35. The Labute approximate surface area is 142 Å². The molecule has 1 aromatic carbocycles. The number of ether oxygens (including phenoxy) is 1. The fourth-order valence-electron chi connectivity index (χ4n) is 3.30. The molecule has 0 spiro atoms. The number of carbonyl (C=O) groups is 1. The van der Waals surface area contributed by atoms with E-state index in [1.165, 1.54) is 11.1 Å². The van der Waals surface area contributed by atoms with Gasteiger partial charge in [0.2, 0.25) is 0 Å². The molecule has 0 aliphatic heterocycles. The SMILES string of the molecule is CCCOCCCCC(=O)C(CC)(CCC)c1ccc(C)cc1. The van der Waals surface area contributed by atoms with Gasteiger partial charge in [0.25, 0.3) is 0 Å². The molecular formula is C21H34O2. The predicted octanol–water partition coefficient (Wildman–Crippen LogP) is 5.61.